The number of benzene rings is 1. The van der Waals surface area contributed by atoms with Crippen LogP contribution in [0.2, 0.25) is 0 Å². The summed E-state index contributed by atoms with van der Waals surface area (Å²) in [7, 11) is 0. The second-order valence-corrected chi connectivity index (χ2v) is 7.74. The van der Waals surface area contributed by atoms with Crippen LogP contribution in [0.25, 0.3) is 0 Å². The Morgan fingerprint density at radius 2 is 1.92 bits per heavy atom. The Balaban J connectivity index is 1.52. The van der Waals surface area contributed by atoms with Crippen LogP contribution in [0.5, 0.6) is 0 Å². The Hall–Kier alpha value is -1.53. The monoisotopic (exact) mass is 349 g/mol. The van der Waals surface area contributed by atoms with E-state index in [1.807, 2.05) is 0 Å². The van der Waals surface area contributed by atoms with Crippen LogP contribution >= 0.6 is 11.3 Å². The van der Waals surface area contributed by atoms with Crippen molar-refractivity contribution in [2.24, 2.45) is 5.92 Å². The summed E-state index contributed by atoms with van der Waals surface area (Å²) in [6.45, 7) is 7.13. The van der Waals surface area contributed by atoms with Crippen molar-refractivity contribution < 1.29 is 9.13 Å². The van der Waals surface area contributed by atoms with E-state index in [1.54, 1.807) is 23.5 Å². The molecular formula is C18H24FN3OS. The van der Waals surface area contributed by atoms with E-state index in [1.165, 1.54) is 12.1 Å². The van der Waals surface area contributed by atoms with Crippen molar-refractivity contribution in [3.05, 3.63) is 40.7 Å². The lowest BCUT2D eigenvalue weighted by Gasteiger charge is -2.31. The summed E-state index contributed by atoms with van der Waals surface area (Å²) in [4.78, 5) is 2.29. The van der Waals surface area contributed by atoms with E-state index < -0.39 is 0 Å². The molecule has 1 aliphatic rings. The number of anilines is 1. The molecule has 24 heavy (non-hydrogen) atoms. The molecule has 0 N–H and O–H groups in total. The molecule has 0 saturated carbocycles. The van der Waals surface area contributed by atoms with Crippen LogP contribution in [-0.2, 0) is 11.2 Å². The normalized spacial score (nSPS) is 16.1. The highest BCUT2D eigenvalue weighted by atomic mass is 32.1. The number of piperidine rings is 1. The molecule has 0 atom stereocenters. The van der Waals surface area contributed by atoms with Crippen molar-refractivity contribution in [1.29, 1.82) is 0 Å². The van der Waals surface area contributed by atoms with E-state index in [9.17, 15) is 4.39 Å². The molecule has 130 valence electrons. The maximum atomic E-state index is 13.0. The number of hydrogen-bond acceptors (Lipinski definition) is 5. The van der Waals surface area contributed by atoms with Crippen LogP contribution in [0.15, 0.2) is 24.3 Å². The maximum Gasteiger partial charge on any atom is 0.208 e. The van der Waals surface area contributed by atoms with Crippen LogP contribution in [0.1, 0.15) is 37.3 Å². The van der Waals surface area contributed by atoms with Gasteiger partial charge < -0.3 is 9.64 Å². The number of ether oxygens (including phenoxy) is 1. The first-order valence-corrected chi connectivity index (χ1v) is 9.35. The van der Waals surface area contributed by atoms with Crippen LogP contribution in [0.3, 0.4) is 0 Å². The number of hydrogen-bond donors (Lipinski definition) is 0. The zero-order valence-corrected chi connectivity index (χ0v) is 15.1. The smallest absolute Gasteiger partial charge is 0.208 e. The summed E-state index contributed by atoms with van der Waals surface area (Å²) in [5, 5.41) is 10.6. The lowest BCUT2D eigenvalue weighted by Crippen LogP contribution is -2.37. The third-order valence-corrected chi connectivity index (χ3v) is 5.09. The molecule has 0 aliphatic carbocycles. The highest BCUT2D eigenvalue weighted by Crippen LogP contribution is 2.26. The first kappa shape index (κ1) is 17.3. The minimum absolute atomic E-state index is 0.209. The van der Waals surface area contributed by atoms with Gasteiger partial charge in [0.25, 0.3) is 0 Å². The van der Waals surface area contributed by atoms with Gasteiger partial charge in [-0.3, -0.25) is 0 Å². The topological polar surface area (TPSA) is 38.2 Å². The van der Waals surface area contributed by atoms with Crippen LogP contribution in [-0.4, -0.2) is 36.0 Å². The van der Waals surface area contributed by atoms with Gasteiger partial charge >= 0.3 is 0 Å². The van der Waals surface area contributed by atoms with Gasteiger partial charge in [-0.2, -0.15) is 0 Å². The fourth-order valence-electron chi connectivity index (χ4n) is 2.76. The summed E-state index contributed by atoms with van der Waals surface area (Å²) >= 11 is 1.63. The predicted molar refractivity (Wildman–Crippen MR) is 95.1 cm³/mol. The quantitative estimate of drug-likeness (QED) is 0.792. The second-order valence-electron chi connectivity index (χ2n) is 6.70. The summed E-state index contributed by atoms with van der Waals surface area (Å²) < 4.78 is 18.9. The van der Waals surface area contributed by atoms with Gasteiger partial charge in [-0.15, -0.1) is 10.2 Å². The Morgan fingerprint density at radius 3 is 2.58 bits per heavy atom. The number of rotatable bonds is 6. The Morgan fingerprint density at radius 1 is 1.21 bits per heavy atom. The molecule has 0 radical (unpaired) electrons. The van der Waals surface area contributed by atoms with E-state index in [0.29, 0.717) is 18.4 Å². The fraction of sp³-hybridized carbons (Fsp3) is 0.556. The standard InChI is InChI=1S/C18H24FN3OS/c1-13(2)12-23-16-7-9-22(10-8-16)18-21-20-17(24-18)11-14-3-5-15(19)6-4-14/h3-6,13,16H,7-12H2,1-2H3. The van der Waals surface area contributed by atoms with Gasteiger partial charge in [-0.25, -0.2) is 4.39 Å². The average molecular weight is 349 g/mol. The molecule has 2 aromatic rings. The molecule has 2 heterocycles. The van der Waals surface area contributed by atoms with Gasteiger partial charge in [0, 0.05) is 26.1 Å². The third-order valence-electron chi connectivity index (χ3n) is 4.10. The molecule has 0 spiro atoms. The van der Waals surface area contributed by atoms with Crippen LogP contribution < -0.4 is 4.90 Å². The van der Waals surface area contributed by atoms with E-state index >= 15 is 0 Å². The third kappa shape index (κ3) is 4.74. The number of halogens is 1. The lowest BCUT2D eigenvalue weighted by molar-refractivity contribution is 0.0215. The highest BCUT2D eigenvalue weighted by Gasteiger charge is 2.22. The molecule has 3 rings (SSSR count). The molecule has 0 unspecified atom stereocenters. The van der Waals surface area contributed by atoms with Crippen molar-refractivity contribution >= 4 is 16.5 Å². The van der Waals surface area contributed by atoms with Gasteiger partial charge in [-0.05, 0) is 36.5 Å². The van der Waals surface area contributed by atoms with Gasteiger partial charge in [-0.1, -0.05) is 37.3 Å². The minimum Gasteiger partial charge on any atom is -0.378 e. The Labute approximate surface area is 146 Å². The van der Waals surface area contributed by atoms with Gasteiger partial charge in [0.15, 0.2) is 0 Å². The summed E-state index contributed by atoms with van der Waals surface area (Å²) in [5.74, 6) is 0.375. The predicted octanol–water partition coefficient (Wildman–Crippen LogP) is 3.91. The zero-order chi connectivity index (χ0) is 16.9. The lowest BCUT2D eigenvalue weighted by atomic mass is 10.1. The van der Waals surface area contributed by atoms with Gasteiger partial charge in [0.2, 0.25) is 5.13 Å². The number of aromatic nitrogens is 2. The summed E-state index contributed by atoms with van der Waals surface area (Å²) in [6, 6.07) is 6.57. The molecule has 1 aromatic carbocycles. The van der Waals surface area contributed by atoms with E-state index in [4.69, 9.17) is 4.74 Å². The number of nitrogens with zero attached hydrogens (tertiary/aromatic N) is 3. The van der Waals surface area contributed by atoms with Crippen molar-refractivity contribution in [1.82, 2.24) is 10.2 Å². The van der Waals surface area contributed by atoms with E-state index in [-0.39, 0.29) is 5.82 Å². The summed E-state index contributed by atoms with van der Waals surface area (Å²) in [6.07, 6.45) is 3.15. The molecular weight excluding hydrogens is 325 g/mol. The largest absolute Gasteiger partial charge is 0.378 e. The Kier molecular flexibility index (Phi) is 5.79. The van der Waals surface area contributed by atoms with Gasteiger partial charge in [0.05, 0.1) is 6.10 Å². The van der Waals surface area contributed by atoms with E-state index in [2.05, 4.69) is 28.9 Å². The van der Waals surface area contributed by atoms with E-state index in [0.717, 1.165) is 48.2 Å². The first-order chi connectivity index (χ1) is 11.6. The molecule has 6 heteroatoms. The van der Waals surface area contributed by atoms with Crippen molar-refractivity contribution in [2.45, 2.75) is 39.2 Å². The van der Waals surface area contributed by atoms with Crippen molar-refractivity contribution in [3.8, 4) is 0 Å². The molecule has 1 aliphatic heterocycles. The fourth-order valence-corrected chi connectivity index (χ4v) is 3.69. The van der Waals surface area contributed by atoms with Gasteiger partial charge in [0.1, 0.15) is 10.8 Å². The molecule has 0 bridgehead atoms. The average Bonchev–Trinajstić information content (AvgIpc) is 3.04. The van der Waals surface area contributed by atoms with Crippen molar-refractivity contribution in [2.75, 3.05) is 24.6 Å². The minimum atomic E-state index is -0.209. The van der Waals surface area contributed by atoms with Crippen LogP contribution in [0.4, 0.5) is 9.52 Å². The Bertz CT molecular complexity index is 636. The maximum absolute atomic E-state index is 13.0. The second kappa shape index (κ2) is 8.03. The molecule has 1 saturated heterocycles. The molecule has 0 amide bonds. The SMILES string of the molecule is CC(C)COC1CCN(c2nnc(Cc3ccc(F)cc3)s2)CC1. The summed E-state index contributed by atoms with van der Waals surface area (Å²) in [5.41, 5.74) is 1.06. The zero-order valence-electron chi connectivity index (χ0n) is 14.2. The van der Waals surface area contributed by atoms with Crippen LogP contribution in [0, 0.1) is 11.7 Å². The van der Waals surface area contributed by atoms with Crippen molar-refractivity contribution in [3.63, 3.8) is 0 Å². The molecule has 4 nitrogen and oxygen atoms in total. The highest BCUT2D eigenvalue weighted by molar-refractivity contribution is 7.15. The molecule has 1 fully saturated rings. The first-order valence-electron chi connectivity index (χ1n) is 8.53. The molecule has 1 aromatic heterocycles.